The normalized spacial score (nSPS) is 12.8. The van der Waals surface area contributed by atoms with Crippen LogP contribution in [0.15, 0.2) is 6.07 Å². The lowest BCUT2D eigenvalue weighted by atomic mass is 10.2. The van der Waals surface area contributed by atoms with Crippen molar-refractivity contribution in [2.75, 3.05) is 24.2 Å². The number of aliphatic hydroxyl groups is 1. The second-order valence-electron chi connectivity index (χ2n) is 4.75. The van der Waals surface area contributed by atoms with E-state index in [4.69, 9.17) is 5.73 Å². The van der Waals surface area contributed by atoms with E-state index in [1.807, 2.05) is 11.9 Å². The van der Waals surface area contributed by atoms with E-state index in [1.54, 1.807) is 18.3 Å². The number of hydrogen-bond donors (Lipinski definition) is 2. The predicted octanol–water partition coefficient (Wildman–Crippen LogP) is 2.04. The maximum atomic E-state index is 9.38. The molecule has 0 aliphatic carbocycles. The maximum Gasteiger partial charge on any atom is 0.223 e. The number of aryl methyl sites for hydroxylation is 1. The topological polar surface area (TPSA) is 75.3 Å². The summed E-state index contributed by atoms with van der Waals surface area (Å²) < 4.78 is 0. The molecule has 0 bridgehead atoms. The highest BCUT2D eigenvalue weighted by atomic mass is 32.1. The van der Waals surface area contributed by atoms with Crippen LogP contribution in [0.4, 0.5) is 11.8 Å². The van der Waals surface area contributed by atoms with Crippen molar-refractivity contribution in [1.82, 2.24) is 9.97 Å². The van der Waals surface area contributed by atoms with Gasteiger partial charge in [-0.2, -0.15) is 4.98 Å². The van der Waals surface area contributed by atoms with Gasteiger partial charge in [0, 0.05) is 18.5 Å². The van der Waals surface area contributed by atoms with Crippen molar-refractivity contribution in [3.8, 4) is 0 Å². The average Bonchev–Trinajstić information content (AvgIpc) is 2.77. The van der Waals surface area contributed by atoms with Crippen LogP contribution in [-0.4, -0.2) is 34.8 Å². The van der Waals surface area contributed by atoms with Crippen molar-refractivity contribution in [2.24, 2.45) is 0 Å². The molecule has 2 heterocycles. The van der Waals surface area contributed by atoms with Crippen molar-refractivity contribution in [2.45, 2.75) is 32.8 Å². The van der Waals surface area contributed by atoms with Crippen LogP contribution in [0.2, 0.25) is 0 Å². The Labute approximate surface area is 117 Å². The van der Waals surface area contributed by atoms with Gasteiger partial charge >= 0.3 is 0 Å². The number of thiophene rings is 1. The molecular formula is C13H20N4OS. The summed E-state index contributed by atoms with van der Waals surface area (Å²) in [5, 5.41) is 10.4. The SMILES string of the molecule is CCc1cc2c(N(C)CCC(C)O)nc(N)nc2s1. The van der Waals surface area contributed by atoms with Gasteiger partial charge in [-0.05, 0) is 25.8 Å². The summed E-state index contributed by atoms with van der Waals surface area (Å²) in [6, 6.07) is 2.13. The quantitative estimate of drug-likeness (QED) is 0.876. The minimum Gasteiger partial charge on any atom is -0.393 e. The highest BCUT2D eigenvalue weighted by molar-refractivity contribution is 7.18. The number of aliphatic hydroxyl groups excluding tert-OH is 1. The van der Waals surface area contributed by atoms with E-state index >= 15 is 0 Å². The Morgan fingerprint density at radius 2 is 2.21 bits per heavy atom. The lowest BCUT2D eigenvalue weighted by molar-refractivity contribution is 0.187. The number of nitrogen functional groups attached to an aromatic ring is 1. The molecule has 5 nitrogen and oxygen atoms in total. The lowest BCUT2D eigenvalue weighted by Crippen LogP contribution is -2.23. The van der Waals surface area contributed by atoms with Gasteiger partial charge in [0.1, 0.15) is 10.6 Å². The molecule has 3 N–H and O–H groups in total. The van der Waals surface area contributed by atoms with Crippen molar-refractivity contribution >= 4 is 33.3 Å². The molecule has 0 amide bonds. The molecular weight excluding hydrogens is 260 g/mol. The van der Waals surface area contributed by atoms with Gasteiger partial charge in [0.15, 0.2) is 0 Å². The van der Waals surface area contributed by atoms with E-state index in [1.165, 1.54) is 4.88 Å². The van der Waals surface area contributed by atoms with Crippen LogP contribution in [0, 0.1) is 0 Å². The Morgan fingerprint density at radius 3 is 2.84 bits per heavy atom. The fraction of sp³-hybridized carbons (Fsp3) is 0.538. The van der Waals surface area contributed by atoms with Gasteiger partial charge in [0.25, 0.3) is 0 Å². The molecule has 0 aliphatic rings. The molecule has 0 radical (unpaired) electrons. The van der Waals surface area contributed by atoms with Crippen molar-refractivity contribution in [3.63, 3.8) is 0 Å². The van der Waals surface area contributed by atoms with E-state index in [2.05, 4.69) is 23.0 Å². The number of anilines is 2. The Hall–Kier alpha value is -1.40. The number of nitrogens with two attached hydrogens (primary N) is 1. The number of hydrogen-bond acceptors (Lipinski definition) is 6. The molecule has 2 aromatic rings. The second kappa shape index (κ2) is 5.71. The Morgan fingerprint density at radius 1 is 1.47 bits per heavy atom. The van der Waals surface area contributed by atoms with Crippen LogP contribution < -0.4 is 10.6 Å². The maximum absolute atomic E-state index is 9.38. The van der Waals surface area contributed by atoms with Crippen LogP contribution in [0.5, 0.6) is 0 Å². The van der Waals surface area contributed by atoms with E-state index < -0.39 is 0 Å². The minimum atomic E-state index is -0.314. The number of fused-ring (bicyclic) bond motifs is 1. The first kappa shape index (κ1) is 14.0. The van der Waals surface area contributed by atoms with E-state index in [0.29, 0.717) is 12.4 Å². The highest BCUT2D eigenvalue weighted by Crippen LogP contribution is 2.31. The van der Waals surface area contributed by atoms with Gasteiger partial charge < -0.3 is 15.7 Å². The van der Waals surface area contributed by atoms with Crippen molar-refractivity contribution < 1.29 is 5.11 Å². The number of rotatable bonds is 5. The molecule has 2 aromatic heterocycles. The highest BCUT2D eigenvalue weighted by Gasteiger charge is 2.14. The molecule has 0 aliphatic heterocycles. The average molecular weight is 280 g/mol. The lowest BCUT2D eigenvalue weighted by Gasteiger charge is -2.19. The second-order valence-corrected chi connectivity index (χ2v) is 5.86. The zero-order chi connectivity index (χ0) is 14.0. The number of nitrogens with zero attached hydrogens (tertiary/aromatic N) is 3. The van der Waals surface area contributed by atoms with Crippen LogP contribution >= 0.6 is 11.3 Å². The summed E-state index contributed by atoms with van der Waals surface area (Å²) in [6.07, 6.45) is 1.37. The van der Waals surface area contributed by atoms with E-state index in [9.17, 15) is 5.11 Å². The predicted molar refractivity (Wildman–Crippen MR) is 80.8 cm³/mol. The first-order valence-corrected chi connectivity index (χ1v) is 7.28. The van der Waals surface area contributed by atoms with Gasteiger partial charge in [-0.1, -0.05) is 6.92 Å². The molecule has 0 spiro atoms. The fourth-order valence-electron chi connectivity index (χ4n) is 1.92. The van der Waals surface area contributed by atoms with Crippen molar-refractivity contribution in [1.29, 1.82) is 0 Å². The zero-order valence-corrected chi connectivity index (χ0v) is 12.4. The number of aromatic nitrogens is 2. The molecule has 104 valence electrons. The Bertz CT molecular complexity index is 567. The largest absolute Gasteiger partial charge is 0.393 e. The molecule has 0 fully saturated rings. The summed E-state index contributed by atoms with van der Waals surface area (Å²) in [7, 11) is 1.97. The van der Waals surface area contributed by atoms with Gasteiger partial charge in [-0.3, -0.25) is 0 Å². The molecule has 1 unspecified atom stereocenters. The molecule has 0 saturated heterocycles. The Kier molecular flexibility index (Phi) is 4.21. The molecule has 6 heteroatoms. The smallest absolute Gasteiger partial charge is 0.223 e. The zero-order valence-electron chi connectivity index (χ0n) is 11.6. The van der Waals surface area contributed by atoms with Crippen LogP contribution in [0.1, 0.15) is 25.1 Å². The van der Waals surface area contributed by atoms with Gasteiger partial charge in [0.2, 0.25) is 5.95 Å². The molecule has 0 aromatic carbocycles. The van der Waals surface area contributed by atoms with E-state index in [0.717, 1.165) is 29.0 Å². The fourth-order valence-corrected chi connectivity index (χ4v) is 2.89. The summed E-state index contributed by atoms with van der Waals surface area (Å²) in [5.74, 6) is 1.15. The Balaban J connectivity index is 2.37. The third-order valence-corrected chi connectivity index (χ3v) is 4.21. The molecule has 2 rings (SSSR count). The summed E-state index contributed by atoms with van der Waals surface area (Å²) in [4.78, 5) is 12.9. The summed E-state index contributed by atoms with van der Waals surface area (Å²) in [5.41, 5.74) is 5.78. The minimum absolute atomic E-state index is 0.302. The first-order chi connectivity index (χ1) is 9.01. The monoisotopic (exact) mass is 280 g/mol. The van der Waals surface area contributed by atoms with Crippen LogP contribution in [0.25, 0.3) is 10.2 Å². The van der Waals surface area contributed by atoms with Gasteiger partial charge in [-0.15, -0.1) is 11.3 Å². The summed E-state index contributed by atoms with van der Waals surface area (Å²) >= 11 is 1.66. The van der Waals surface area contributed by atoms with Gasteiger partial charge in [0.05, 0.1) is 11.5 Å². The van der Waals surface area contributed by atoms with E-state index in [-0.39, 0.29) is 6.10 Å². The summed E-state index contributed by atoms with van der Waals surface area (Å²) in [6.45, 7) is 4.65. The van der Waals surface area contributed by atoms with Crippen molar-refractivity contribution in [3.05, 3.63) is 10.9 Å². The molecule has 0 saturated carbocycles. The van der Waals surface area contributed by atoms with Crippen LogP contribution in [-0.2, 0) is 6.42 Å². The first-order valence-electron chi connectivity index (χ1n) is 6.46. The molecule has 19 heavy (non-hydrogen) atoms. The third kappa shape index (κ3) is 3.13. The van der Waals surface area contributed by atoms with Crippen LogP contribution in [0.3, 0.4) is 0 Å². The van der Waals surface area contributed by atoms with Gasteiger partial charge in [-0.25, -0.2) is 4.98 Å². The third-order valence-electron chi connectivity index (χ3n) is 3.03. The standard InChI is InChI=1S/C13H20N4OS/c1-4-9-7-10-11(17(3)6-5-8(2)18)15-13(14)16-12(10)19-9/h7-8,18H,4-6H2,1-3H3,(H2,14,15,16). The molecule has 1 atom stereocenters.